The number of carbonyl (C=O) groups excluding carboxylic acids is 1. The van der Waals surface area contributed by atoms with Crippen LogP contribution < -0.4 is 0 Å². The van der Waals surface area contributed by atoms with E-state index in [1.54, 1.807) is 13.1 Å². The van der Waals surface area contributed by atoms with Crippen LogP contribution in [0.1, 0.15) is 44.9 Å². The Morgan fingerprint density at radius 3 is 2.62 bits per heavy atom. The largest absolute Gasteiger partial charge is 0.317 e. The van der Waals surface area contributed by atoms with Gasteiger partial charge in [0.2, 0.25) is 15.0 Å². The summed E-state index contributed by atoms with van der Waals surface area (Å²) in [5.74, 6) is 0.543. The van der Waals surface area contributed by atoms with Crippen molar-refractivity contribution in [3.63, 3.8) is 0 Å². The highest BCUT2D eigenvalue weighted by molar-refractivity contribution is 7.90. The van der Waals surface area contributed by atoms with Crippen molar-refractivity contribution in [1.82, 2.24) is 14.5 Å². The quantitative estimate of drug-likeness (QED) is 0.659. The molecule has 1 unspecified atom stereocenters. The fourth-order valence-electron chi connectivity index (χ4n) is 3.95. The van der Waals surface area contributed by atoms with Gasteiger partial charge >= 0.3 is 0 Å². The number of hydrogen-bond acceptors (Lipinski definition) is 5. The van der Waals surface area contributed by atoms with E-state index in [0.717, 1.165) is 37.2 Å². The Balaban J connectivity index is 1.85. The highest BCUT2D eigenvalue weighted by Gasteiger charge is 2.27. The third-order valence-corrected chi connectivity index (χ3v) is 6.99. The normalized spacial score (nSPS) is 18.3. The molecule has 1 aromatic carbocycles. The van der Waals surface area contributed by atoms with Gasteiger partial charge in [-0.25, -0.2) is 13.4 Å². The van der Waals surface area contributed by atoms with Gasteiger partial charge in [-0.1, -0.05) is 44.2 Å². The van der Waals surface area contributed by atoms with Gasteiger partial charge in [0.25, 0.3) is 0 Å². The van der Waals surface area contributed by atoms with Crippen LogP contribution in [0.2, 0.25) is 0 Å². The smallest absolute Gasteiger partial charge is 0.228 e. The van der Waals surface area contributed by atoms with Gasteiger partial charge < -0.3 is 4.57 Å². The van der Waals surface area contributed by atoms with Gasteiger partial charge in [0, 0.05) is 25.6 Å². The lowest BCUT2D eigenvalue weighted by Gasteiger charge is -2.31. The maximum Gasteiger partial charge on any atom is 0.228 e. The van der Waals surface area contributed by atoms with E-state index in [9.17, 15) is 13.2 Å². The second kappa shape index (κ2) is 9.22. The van der Waals surface area contributed by atoms with Crippen LogP contribution in [0.5, 0.6) is 0 Å². The minimum absolute atomic E-state index is 0.0570. The lowest BCUT2D eigenvalue weighted by atomic mass is 9.94. The molecule has 2 heterocycles. The van der Waals surface area contributed by atoms with Gasteiger partial charge in [0.15, 0.2) is 0 Å². The number of aromatic nitrogens is 2. The van der Waals surface area contributed by atoms with Gasteiger partial charge in [-0.15, -0.1) is 0 Å². The van der Waals surface area contributed by atoms with E-state index in [2.05, 4.69) is 23.7 Å². The first-order chi connectivity index (χ1) is 13.8. The summed E-state index contributed by atoms with van der Waals surface area (Å²) in [6.45, 7) is 8.67. The average molecular weight is 418 g/mol. The first kappa shape index (κ1) is 21.7. The zero-order chi connectivity index (χ0) is 21.0. The molecule has 0 aliphatic carbocycles. The van der Waals surface area contributed by atoms with Crippen LogP contribution in [0.15, 0.2) is 41.7 Å². The van der Waals surface area contributed by atoms with E-state index >= 15 is 0 Å². The minimum atomic E-state index is -3.55. The van der Waals surface area contributed by atoms with Crippen molar-refractivity contribution in [1.29, 1.82) is 0 Å². The topological polar surface area (TPSA) is 72.3 Å². The molecule has 1 atom stereocenters. The van der Waals surface area contributed by atoms with Crippen molar-refractivity contribution in [2.75, 3.05) is 13.1 Å². The third kappa shape index (κ3) is 5.54. The second-order valence-electron chi connectivity index (χ2n) is 8.47. The zero-order valence-electron chi connectivity index (χ0n) is 17.5. The first-order valence-electron chi connectivity index (χ1n) is 10.3. The van der Waals surface area contributed by atoms with Crippen molar-refractivity contribution in [3.8, 4) is 0 Å². The van der Waals surface area contributed by atoms with Crippen LogP contribution in [0.3, 0.4) is 0 Å². The number of piperidine rings is 1. The Kier molecular flexibility index (Phi) is 6.90. The van der Waals surface area contributed by atoms with E-state index in [1.165, 1.54) is 0 Å². The van der Waals surface area contributed by atoms with Crippen LogP contribution in [0.4, 0.5) is 0 Å². The lowest BCUT2D eigenvalue weighted by Crippen LogP contribution is -2.38. The molecule has 7 heteroatoms. The van der Waals surface area contributed by atoms with Crippen LogP contribution >= 0.6 is 0 Å². The standard InChI is InChI=1S/C22H31N3O3S/c1-17(2)13-25-21(15-24-11-7-10-20(14-24)18(3)26)12-23-22(25)29(27,28)16-19-8-5-4-6-9-19/h4-6,8-9,12,17,20H,7,10-11,13-16H2,1-3H3. The first-order valence-corrected chi connectivity index (χ1v) is 12.0. The van der Waals surface area contributed by atoms with E-state index in [0.29, 0.717) is 19.0 Å². The van der Waals surface area contributed by atoms with Crippen molar-refractivity contribution >= 4 is 15.6 Å². The molecule has 1 aliphatic heterocycles. The second-order valence-corrected chi connectivity index (χ2v) is 10.3. The Morgan fingerprint density at radius 2 is 1.97 bits per heavy atom. The van der Waals surface area contributed by atoms with Crippen molar-refractivity contribution in [2.45, 2.75) is 57.6 Å². The summed E-state index contributed by atoms with van der Waals surface area (Å²) in [4.78, 5) is 18.4. The van der Waals surface area contributed by atoms with E-state index in [4.69, 9.17) is 0 Å². The Bertz CT molecular complexity index is 935. The van der Waals surface area contributed by atoms with Gasteiger partial charge in [-0.3, -0.25) is 9.69 Å². The molecule has 0 amide bonds. The number of carbonyl (C=O) groups is 1. The van der Waals surface area contributed by atoms with Crippen LogP contribution in [-0.2, 0) is 33.5 Å². The monoisotopic (exact) mass is 417 g/mol. The molecular weight excluding hydrogens is 386 g/mol. The van der Waals surface area contributed by atoms with Gasteiger partial charge in [0.1, 0.15) is 5.78 Å². The molecule has 1 aromatic heterocycles. The van der Waals surface area contributed by atoms with E-state index in [1.807, 2.05) is 34.9 Å². The Labute approximate surface area is 173 Å². The molecule has 158 valence electrons. The van der Waals surface area contributed by atoms with Crippen LogP contribution in [-0.4, -0.2) is 41.7 Å². The maximum atomic E-state index is 13.1. The number of ketones is 1. The highest BCUT2D eigenvalue weighted by Crippen LogP contribution is 2.23. The molecule has 1 fully saturated rings. The Morgan fingerprint density at radius 1 is 1.24 bits per heavy atom. The number of likely N-dealkylation sites (tertiary alicyclic amines) is 1. The van der Waals surface area contributed by atoms with Gasteiger partial charge in [-0.05, 0) is 37.8 Å². The van der Waals surface area contributed by atoms with E-state index in [-0.39, 0.29) is 22.6 Å². The van der Waals surface area contributed by atoms with Crippen LogP contribution in [0.25, 0.3) is 0 Å². The number of Topliss-reactive ketones (excluding diaryl/α,β-unsaturated/α-hetero) is 1. The van der Waals surface area contributed by atoms with Crippen molar-refractivity contribution in [3.05, 3.63) is 47.8 Å². The summed E-state index contributed by atoms with van der Waals surface area (Å²) in [5, 5.41) is 0.144. The molecule has 0 saturated carbocycles. The maximum absolute atomic E-state index is 13.1. The SMILES string of the molecule is CC(=O)C1CCCN(Cc2cnc(S(=O)(=O)Cc3ccccc3)n2CC(C)C)C1. The molecule has 3 rings (SSSR count). The molecule has 1 aliphatic rings. The summed E-state index contributed by atoms with van der Waals surface area (Å²) in [7, 11) is -3.55. The number of sulfone groups is 1. The molecule has 0 radical (unpaired) electrons. The number of hydrogen-bond donors (Lipinski definition) is 0. The zero-order valence-corrected chi connectivity index (χ0v) is 18.4. The van der Waals surface area contributed by atoms with E-state index < -0.39 is 9.84 Å². The van der Waals surface area contributed by atoms with Gasteiger partial charge in [-0.2, -0.15) is 0 Å². The van der Waals surface area contributed by atoms with Crippen LogP contribution in [0, 0.1) is 11.8 Å². The van der Waals surface area contributed by atoms with Crippen molar-refractivity contribution < 1.29 is 13.2 Å². The molecule has 29 heavy (non-hydrogen) atoms. The number of imidazole rings is 1. The lowest BCUT2D eigenvalue weighted by molar-refractivity contribution is -0.122. The predicted octanol–water partition coefficient (Wildman–Crippen LogP) is 3.31. The summed E-state index contributed by atoms with van der Waals surface area (Å²) in [6.07, 6.45) is 3.62. The fraction of sp³-hybridized carbons (Fsp3) is 0.545. The fourth-order valence-corrected chi connectivity index (χ4v) is 5.45. The molecule has 0 spiro atoms. The molecule has 1 saturated heterocycles. The minimum Gasteiger partial charge on any atom is -0.317 e. The average Bonchev–Trinajstić information content (AvgIpc) is 3.05. The number of rotatable bonds is 8. The molecule has 2 aromatic rings. The molecule has 0 N–H and O–H groups in total. The summed E-state index contributed by atoms with van der Waals surface area (Å²) in [5.41, 5.74) is 1.66. The van der Waals surface area contributed by atoms with Gasteiger partial charge in [0.05, 0.1) is 17.6 Å². The number of benzene rings is 1. The third-order valence-electron chi connectivity index (χ3n) is 5.39. The number of nitrogens with zero attached hydrogens (tertiary/aromatic N) is 3. The molecule has 6 nitrogen and oxygen atoms in total. The molecular formula is C22H31N3O3S. The summed E-state index contributed by atoms with van der Waals surface area (Å²) < 4.78 is 28.1. The highest BCUT2D eigenvalue weighted by atomic mass is 32.2. The summed E-state index contributed by atoms with van der Waals surface area (Å²) in [6, 6.07) is 9.21. The molecule has 0 bridgehead atoms. The Hall–Kier alpha value is -1.99. The summed E-state index contributed by atoms with van der Waals surface area (Å²) >= 11 is 0. The van der Waals surface area contributed by atoms with Crippen molar-refractivity contribution in [2.24, 2.45) is 11.8 Å². The predicted molar refractivity (Wildman–Crippen MR) is 113 cm³/mol.